The molecule has 31 heavy (non-hydrogen) atoms. The molecule has 1 heterocycles. The van der Waals surface area contributed by atoms with Crippen molar-refractivity contribution in [3.63, 3.8) is 0 Å². The molecule has 1 saturated carbocycles. The van der Waals surface area contributed by atoms with Crippen LogP contribution in [0.5, 0.6) is 0 Å². The minimum atomic E-state index is -1.27. The first kappa shape index (κ1) is 23.4. The van der Waals surface area contributed by atoms with Crippen LogP contribution in [0.15, 0.2) is 30.3 Å². The quantitative estimate of drug-likeness (QED) is 0.372. The number of hydroxylamine groups is 1. The van der Waals surface area contributed by atoms with Crippen LogP contribution in [-0.4, -0.2) is 72.2 Å². The summed E-state index contributed by atoms with van der Waals surface area (Å²) in [5.41, 5.74) is 2.09. The third-order valence-corrected chi connectivity index (χ3v) is 6.10. The SMILES string of the molecule is CN(C)C[C@](C)(CNOCc1ccccc1)NC(=O)N1CCCCC12C(=O)CCC2=O. The van der Waals surface area contributed by atoms with Gasteiger partial charge in [0.15, 0.2) is 17.1 Å². The first-order chi connectivity index (χ1) is 14.8. The second kappa shape index (κ2) is 9.89. The molecule has 1 aliphatic carbocycles. The Bertz CT molecular complexity index is 782. The molecule has 8 heteroatoms. The molecule has 1 aromatic carbocycles. The highest BCUT2D eigenvalue weighted by molar-refractivity contribution is 6.18. The van der Waals surface area contributed by atoms with Gasteiger partial charge in [-0.25, -0.2) is 4.79 Å². The molecule has 2 amide bonds. The number of carbonyl (C=O) groups is 3. The minimum absolute atomic E-state index is 0.119. The first-order valence-corrected chi connectivity index (χ1v) is 11.0. The van der Waals surface area contributed by atoms with E-state index >= 15 is 0 Å². The average Bonchev–Trinajstić information content (AvgIpc) is 3.00. The van der Waals surface area contributed by atoms with Gasteiger partial charge < -0.3 is 15.1 Å². The predicted octanol–water partition coefficient (Wildman–Crippen LogP) is 1.89. The lowest BCUT2D eigenvalue weighted by Crippen LogP contribution is -2.67. The molecule has 8 nitrogen and oxygen atoms in total. The third-order valence-electron chi connectivity index (χ3n) is 6.10. The number of ketones is 2. The summed E-state index contributed by atoms with van der Waals surface area (Å²) in [6.07, 6.45) is 2.46. The summed E-state index contributed by atoms with van der Waals surface area (Å²) < 4.78 is 0. The maximum absolute atomic E-state index is 13.3. The number of nitrogens with one attached hydrogen (secondary N) is 2. The summed E-state index contributed by atoms with van der Waals surface area (Å²) in [7, 11) is 3.86. The maximum atomic E-state index is 13.3. The smallest absolute Gasteiger partial charge is 0.319 e. The summed E-state index contributed by atoms with van der Waals surface area (Å²) >= 11 is 0. The fourth-order valence-corrected chi connectivity index (χ4v) is 4.71. The van der Waals surface area contributed by atoms with Crippen molar-refractivity contribution in [1.82, 2.24) is 20.6 Å². The third kappa shape index (κ3) is 5.31. The number of likely N-dealkylation sites (tertiary alicyclic amines) is 1. The number of carbonyl (C=O) groups excluding carboxylic acids is 3. The highest BCUT2D eigenvalue weighted by Gasteiger charge is 2.56. The number of benzene rings is 1. The maximum Gasteiger partial charge on any atom is 0.319 e. The van der Waals surface area contributed by atoms with Crippen molar-refractivity contribution < 1.29 is 19.2 Å². The lowest BCUT2D eigenvalue weighted by Gasteiger charge is -2.44. The Labute approximate surface area is 184 Å². The van der Waals surface area contributed by atoms with E-state index < -0.39 is 11.1 Å². The number of hydrogen-bond donors (Lipinski definition) is 2. The van der Waals surface area contributed by atoms with E-state index in [2.05, 4.69) is 10.8 Å². The number of rotatable bonds is 8. The Kier molecular flexibility index (Phi) is 7.46. The molecule has 0 bridgehead atoms. The molecule has 1 spiro atoms. The molecule has 1 atom stereocenters. The summed E-state index contributed by atoms with van der Waals surface area (Å²) in [4.78, 5) is 47.8. The molecule has 170 valence electrons. The van der Waals surface area contributed by atoms with Gasteiger partial charge in [-0.1, -0.05) is 30.3 Å². The van der Waals surface area contributed by atoms with Crippen molar-refractivity contribution in [3.05, 3.63) is 35.9 Å². The van der Waals surface area contributed by atoms with Crippen molar-refractivity contribution >= 4 is 17.6 Å². The molecular formula is C23H34N4O4. The Hall–Kier alpha value is -2.29. The van der Waals surface area contributed by atoms with Crippen LogP contribution in [0.3, 0.4) is 0 Å². The monoisotopic (exact) mass is 430 g/mol. The van der Waals surface area contributed by atoms with Crippen LogP contribution in [0.1, 0.15) is 44.6 Å². The standard InChI is InChI=1S/C23H34N4O4/c1-22(17-26(2)3,16-24-31-15-18-9-5-4-6-10-18)25-21(30)27-14-8-7-13-23(27)19(28)11-12-20(23)29/h4-6,9-10,24H,7-8,11-17H2,1-3H3,(H,25,30)/t22-/m0/s1. The van der Waals surface area contributed by atoms with E-state index in [1.807, 2.05) is 56.3 Å². The highest BCUT2D eigenvalue weighted by Crippen LogP contribution is 2.37. The van der Waals surface area contributed by atoms with Crippen molar-refractivity contribution in [3.8, 4) is 0 Å². The molecule has 0 radical (unpaired) electrons. The van der Waals surface area contributed by atoms with Crippen LogP contribution in [0.25, 0.3) is 0 Å². The molecule has 2 N–H and O–H groups in total. The van der Waals surface area contributed by atoms with E-state index in [1.165, 1.54) is 4.90 Å². The van der Waals surface area contributed by atoms with Gasteiger partial charge in [-0.2, -0.15) is 5.48 Å². The number of urea groups is 1. The Morgan fingerprint density at radius 1 is 1.16 bits per heavy atom. The Balaban J connectivity index is 1.66. The van der Waals surface area contributed by atoms with Gasteiger partial charge in [0.2, 0.25) is 0 Å². The van der Waals surface area contributed by atoms with Crippen LogP contribution < -0.4 is 10.8 Å². The van der Waals surface area contributed by atoms with Crippen molar-refractivity contribution in [1.29, 1.82) is 0 Å². The van der Waals surface area contributed by atoms with Crippen LogP contribution in [0.2, 0.25) is 0 Å². The summed E-state index contributed by atoms with van der Waals surface area (Å²) in [6.45, 7) is 3.68. The zero-order valence-electron chi connectivity index (χ0n) is 18.8. The van der Waals surface area contributed by atoms with Gasteiger partial charge in [-0.15, -0.1) is 0 Å². The fraction of sp³-hybridized carbons (Fsp3) is 0.609. The fourth-order valence-electron chi connectivity index (χ4n) is 4.71. The van der Waals surface area contributed by atoms with Gasteiger partial charge in [0.1, 0.15) is 0 Å². The Morgan fingerprint density at radius 3 is 2.48 bits per heavy atom. The van der Waals surface area contributed by atoms with Gasteiger partial charge >= 0.3 is 6.03 Å². The minimum Gasteiger partial charge on any atom is -0.330 e. The number of Topliss-reactive ketones (excluding diaryl/α,β-unsaturated/α-hetero) is 2. The second-order valence-electron chi connectivity index (χ2n) is 9.14. The van der Waals surface area contributed by atoms with E-state index in [9.17, 15) is 14.4 Å². The van der Waals surface area contributed by atoms with Gasteiger partial charge in [-0.05, 0) is 45.8 Å². The molecule has 2 fully saturated rings. The van der Waals surface area contributed by atoms with E-state index in [0.717, 1.165) is 18.4 Å². The number of nitrogens with zero attached hydrogens (tertiary/aromatic N) is 2. The van der Waals surface area contributed by atoms with E-state index in [-0.39, 0.29) is 30.4 Å². The van der Waals surface area contributed by atoms with Gasteiger partial charge in [0, 0.05) is 32.5 Å². The molecule has 1 saturated heterocycles. The lowest BCUT2D eigenvalue weighted by molar-refractivity contribution is -0.138. The number of piperidine rings is 1. The Morgan fingerprint density at radius 2 is 1.84 bits per heavy atom. The lowest BCUT2D eigenvalue weighted by atomic mass is 9.83. The van der Waals surface area contributed by atoms with Crippen LogP contribution >= 0.6 is 0 Å². The largest absolute Gasteiger partial charge is 0.330 e. The average molecular weight is 431 g/mol. The topological polar surface area (TPSA) is 91.0 Å². The molecule has 3 rings (SSSR count). The molecule has 2 aliphatic rings. The number of likely N-dealkylation sites (N-methyl/N-ethyl adjacent to an activating group) is 1. The first-order valence-electron chi connectivity index (χ1n) is 11.0. The zero-order valence-corrected chi connectivity index (χ0v) is 18.8. The van der Waals surface area contributed by atoms with Crippen molar-refractivity contribution in [2.75, 3.05) is 33.7 Å². The summed E-state index contributed by atoms with van der Waals surface area (Å²) in [5, 5.41) is 3.08. The van der Waals surface area contributed by atoms with Gasteiger partial charge in [0.25, 0.3) is 0 Å². The van der Waals surface area contributed by atoms with Crippen molar-refractivity contribution in [2.24, 2.45) is 0 Å². The van der Waals surface area contributed by atoms with Crippen LogP contribution in [0.4, 0.5) is 4.79 Å². The summed E-state index contributed by atoms with van der Waals surface area (Å²) in [5.74, 6) is -0.239. The molecule has 0 aromatic heterocycles. The van der Waals surface area contributed by atoms with E-state index in [4.69, 9.17) is 4.84 Å². The number of hydrogen-bond acceptors (Lipinski definition) is 6. The van der Waals surface area contributed by atoms with E-state index in [1.54, 1.807) is 0 Å². The zero-order chi connectivity index (χ0) is 22.5. The molecular weight excluding hydrogens is 396 g/mol. The van der Waals surface area contributed by atoms with Gasteiger partial charge in [0.05, 0.1) is 12.1 Å². The van der Waals surface area contributed by atoms with E-state index in [0.29, 0.717) is 32.7 Å². The van der Waals surface area contributed by atoms with Crippen molar-refractivity contribution in [2.45, 2.75) is 56.7 Å². The number of amides is 2. The molecule has 1 aliphatic heterocycles. The second-order valence-corrected chi connectivity index (χ2v) is 9.14. The predicted molar refractivity (Wildman–Crippen MR) is 117 cm³/mol. The van der Waals surface area contributed by atoms with Gasteiger partial charge in [-0.3, -0.25) is 14.4 Å². The normalized spacial score (nSPS) is 20.3. The molecule has 0 unspecified atom stereocenters. The summed E-state index contributed by atoms with van der Waals surface area (Å²) in [6, 6.07) is 9.46. The molecule has 1 aromatic rings. The van der Waals surface area contributed by atoms with Crippen LogP contribution in [0, 0.1) is 0 Å². The highest BCUT2D eigenvalue weighted by atomic mass is 16.6. The van der Waals surface area contributed by atoms with Crippen LogP contribution in [-0.2, 0) is 21.0 Å².